The van der Waals surface area contributed by atoms with Crippen LogP contribution >= 0.6 is 11.8 Å². The van der Waals surface area contributed by atoms with Crippen molar-refractivity contribution in [2.24, 2.45) is 0 Å². The van der Waals surface area contributed by atoms with Crippen molar-refractivity contribution >= 4 is 22.8 Å². The molecule has 3 nitrogen and oxygen atoms in total. The maximum atomic E-state index is 5.56. The molecule has 0 aliphatic rings. The van der Waals surface area contributed by atoms with Crippen LogP contribution in [0.5, 0.6) is 5.75 Å². The fraction of sp³-hybridized carbons (Fsp3) is 0.235. The molecular weight excluding hydrogens is 280 g/mol. The van der Waals surface area contributed by atoms with Gasteiger partial charge in [-0.15, -0.1) is 0 Å². The number of para-hydroxylation sites is 2. The molecule has 0 amide bonds. The third-order valence-corrected chi connectivity index (χ3v) is 4.52. The Labute approximate surface area is 128 Å². The molecule has 0 bridgehead atoms. The Kier molecular flexibility index (Phi) is 3.88. The fourth-order valence-corrected chi connectivity index (χ4v) is 3.43. The van der Waals surface area contributed by atoms with Crippen LogP contribution in [0.1, 0.15) is 16.7 Å². The second kappa shape index (κ2) is 5.82. The lowest BCUT2D eigenvalue weighted by Gasteiger charge is -2.13. The van der Waals surface area contributed by atoms with E-state index in [-0.39, 0.29) is 0 Å². The van der Waals surface area contributed by atoms with E-state index in [1.54, 1.807) is 18.9 Å². The Morgan fingerprint density at radius 1 is 1.10 bits per heavy atom. The van der Waals surface area contributed by atoms with Gasteiger partial charge in [0.05, 0.1) is 18.1 Å². The van der Waals surface area contributed by atoms with Crippen molar-refractivity contribution in [1.29, 1.82) is 0 Å². The molecule has 108 valence electrons. The maximum Gasteiger partial charge on any atom is 0.166 e. The number of imidazole rings is 1. The molecular formula is C17H18N2OS. The molecule has 3 aromatic rings. The number of aryl methyl sites for hydroxylation is 2. The Morgan fingerprint density at radius 3 is 2.62 bits per heavy atom. The van der Waals surface area contributed by atoms with Gasteiger partial charge in [-0.2, -0.15) is 0 Å². The third kappa shape index (κ3) is 2.76. The van der Waals surface area contributed by atoms with Gasteiger partial charge < -0.3 is 9.72 Å². The van der Waals surface area contributed by atoms with Gasteiger partial charge in [0, 0.05) is 11.3 Å². The summed E-state index contributed by atoms with van der Waals surface area (Å²) in [5.41, 5.74) is 5.74. The van der Waals surface area contributed by atoms with Gasteiger partial charge in [-0.05, 0) is 37.1 Å². The quantitative estimate of drug-likeness (QED) is 0.722. The minimum atomic E-state index is 0.844. The number of fused-ring (bicyclic) bond motifs is 1. The van der Waals surface area contributed by atoms with Gasteiger partial charge in [-0.1, -0.05) is 36.0 Å². The number of hydrogen-bond donors (Lipinski definition) is 1. The van der Waals surface area contributed by atoms with E-state index in [9.17, 15) is 0 Å². The van der Waals surface area contributed by atoms with E-state index in [4.69, 9.17) is 4.74 Å². The van der Waals surface area contributed by atoms with Gasteiger partial charge in [0.25, 0.3) is 0 Å². The largest absolute Gasteiger partial charge is 0.496 e. The van der Waals surface area contributed by atoms with Gasteiger partial charge in [-0.3, -0.25) is 0 Å². The first-order valence-electron chi connectivity index (χ1n) is 6.89. The summed E-state index contributed by atoms with van der Waals surface area (Å²) in [4.78, 5) is 7.95. The molecule has 0 spiro atoms. The molecule has 0 saturated heterocycles. The number of ether oxygens (including phenoxy) is 1. The van der Waals surface area contributed by atoms with Crippen molar-refractivity contribution < 1.29 is 4.74 Å². The molecule has 3 rings (SSSR count). The zero-order valence-electron chi connectivity index (χ0n) is 12.4. The van der Waals surface area contributed by atoms with Crippen LogP contribution in [0.2, 0.25) is 0 Å². The number of nitrogens with one attached hydrogen (secondary N) is 1. The van der Waals surface area contributed by atoms with Crippen LogP contribution in [0.15, 0.2) is 41.6 Å². The van der Waals surface area contributed by atoms with Gasteiger partial charge in [0.1, 0.15) is 5.75 Å². The summed E-state index contributed by atoms with van der Waals surface area (Å²) >= 11 is 1.70. The summed E-state index contributed by atoms with van der Waals surface area (Å²) < 4.78 is 5.56. The van der Waals surface area contributed by atoms with Crippen molar-refractivity contribution in [3.05, 3.63) is 53.1 Å². The first-order chi connectivity index (χ1) is 10.2. The molecule has 0 saturated carbocycles. The van der Waals surface area contributed by atoms with E-state index in [0.717, 1.165) is 27.7 Å². The van der Waals surface area contributed by atoms with Crippen molar-refractivity contribution in [1.82, 2.24) is 9.97 Å². The van der Waals surface area contributed by atoms with Crippen molar-refractivity contribution in [2.45, 2.75) is 24.8 Å². The SMILES string of the molecule is COc1c(C)ccc(C)c1CSc1nc2ccccc2[nH]1. The average Bonchev–Trinajstić information content (AvgIpc) is 2.90. The number of rotatable bonds is 4. The molecule has 1 aromatic heterocycles. The van der Waals surface area contributed by atoms with Crippen LogP contribution in [-0.2, 0) is 5.75 Å². The normalized spacial score (nSPS) is 11.0. The van der Waals surface area contributed by atoms with Crippen molar-refractivity contribution in [3.8, 4) is 5.75 Å². The van der Waals surface area contributed by atoms with Crippen LogP contribution in [0, 0.1) is 13.8 Å². The fourth-order valence-electron chi connectivity index (χ4n) is 2.45. The molecule has 0 unspecified atom stereocenters. The lowest BCUT2D eigenvalue weighted by molar-refractivity contribution is 0.408. The van der Waals surface area contributed by atoms with Crippen LogP contribution in [0.3, 0.4) is 0 Å². The van der Waals surface area contributed by atoms with Crippen molar-refractivity contribution in [2.75, 3.05) is 7.11 Å². The van der Waals surface area contributed by atoms with Gasteiger partial charge >= 0.3 is 0 Å². The second-order valence-corrected chi connectivity index (χ2v) is 6.02. The van der Waals surface area contributed by atoms with Crippen LogP contribution in [0.25, 0.3) is 11.0 Å². The van der Waals surface area contributed by atoms with E-state index < -0.39 is 0 Å². The predicted octanol–water partition coefficient (Wildman–Crippen LogP) is 4.48. The molecule has 21 heavy (non-hydrogen) atoms. The average molecular weight is 298 g/mol. The summed E-state index contributed by atoms with van der Waals surface area (Å²) in [5, 5.41) is 0.944. The van der Waals surface area contributed by atoms with Crippen molar-refractivity contribution in [3.63, 3.8) is 0 Å². The summed E-state index contributed by atoms with van der Waals surface area (Å²) in [6.45, 7) is 4.20. The highest BCUT2D eigenvalue weighted by Crippen LogP contribution is 2.32. The summed E-state index contributed by atoms with van der Waals surface area (Å²) in [5.74, 6) is 1.83. The number of benzene rings is 2. The smallest absolute Gasteiger partial charge is 0.166 e. The Hall–Kier alpha value is -1.94. The highest BCUT2D eigenvalue weighted by atomic mass is 32.2. The van der Waals surface area contributed by atoms with Gasteiger partial charge in [0.15, 0.2) is 5.16 Å². The van der Waals surface area contributed by atoms with E-state index in [0.29, 0.717) is 0 Å². The number of H-pyrrole nitrogens is 1. The number of nitrogens with zero attached hydrogens (tertiary/aromatic N) is 1. The molecule has 0 atom stereocenters. The molecule has 1 heterocycles. The molecule has 0 radical (unpaired) electrons. The van der Waals surface area contributed by atoms with Crippen LogP contribution < -0.4 is 4.74 Å². The maximum absolute atomic E-state index is 5.56. The first kappa shape index (κ1) is 14.0. The first-order valence-corrected chi connectivity index (χ1v) is 7.88. The third-order valence-electron chi connectivity index (χ3n) is 3.62. The molecule has 4 heteroatoms. The second-order valence-electron chi connectivity index (χ2n) is 5.06. The Balaban J connectivity index is 1.86. The summed E-state index contributed by atoms with van der Waals surface area (Å²) in [7, 11) is 1.73. The molecule has 0 aliphatic carbocycles. The number of thioether (sulfide) groups is 1. The number of hydrogen-bond acceptors (Lipinski definition) is 3. The van der Waals surface area contributed by atoms with E-state index in [1.165, 1.54) is 16.7 Å². The number of aromatic amines is 1. The molecule has 0 fully saturated rings. The zero-order chi connectivity index (χ0) is 14.8. The lowest BCUT2D eigenvalue weighted by atomic mass is 10.1. The monoisotopic (exact) mass is 298 g/mol. The zero-order valence-corrected chi connectivity index (χ0v) is 13.3. The van der Waals surface area contributed by atoms with Crippen LogP contribution in [0.4, 0.5) is 0 Å². The highest BCUT2D eigenvalue weighted by molar-refractivity contribution is 7.98. The molecule has 1 N–H and O–H groups in total. The predicted molar refractivity (Wildman–Crippen MR) is 88.1 cm³/mol. The topological polar surface area (TPSA) is 37.9 Å². The Bertz CT molecular complexity index is 747. The minimum Gasteiger partial charge on any atom is -0.496 e. The molecule has 0 aliphatic heterocycles. The summed E-state index contributed by atoms with van der Waals surface area (Å²) in [6, 6.07) is 12.3. The van der Waals surface area contributed by atoms with Gasteiger partial charge in [-0.25, -0.2) is 4.98 Å². The van der Waals surface area contributed by atoms with E-state index in [1.807, 2.05) is 24.3 Å². The summed E-state index contributed by atoms with van der Waals surface area (Å²) in [6.07, 6.45) is 0. The van der Waals surface area contributed by atoms with Crippen LogP contribution in [-0.4, -0.2) is 17.1 Å². The highest BCUT2D eigenvalue weighted by Gasteiger charge is 2.11. The number of aromatic nitrogens is 2. The number of methoxy groups -OCH3 is 1. The lowest BCUT2D eigenvalue weighted by Crippen LogP contribution is -1.96. The van der Waals surface area contributed by atoms with Gasteiger partial charge in [0.2, 0.25) is 0 Å². The standard InChI is InChI=1S/C17H18N2OS/c1-11-8-9-12(2)16(20-3)13(11)10-21-17-18-14-6-4-5-7-15(14)19-17/h4-9H,10H2,1-3H3,(H,18,19). The van der Waals surface area contributed by atoms with E-state index in [2.05, 4.69) is 35.9 Å². The minimum absolute atomic E-state index is 0.844. The molecule has 2 aromatic carbocycles. The Morgan fingerprint density at radius 2 is 1.86 bits per heavy atom. The van der Waals surface area contributed by atoms with E-state index >= 15 is 0 Å².